The smallest absolute Gasteiger partial charge is 0.246 e. The average molecular weight is 529 g/mol. The van der Waals surface area contributed by atoms with Crippen LogP contribution in [-0.4, -0.2) is 82.7 Å². The molecule has 1 aromatic carbocycles. The highest BCUT2D eigenvalue weighted by Crippen LogP contribution is 2.22. The summed E-state index contributed by atoms with van der Waals surface area (Å²) in [6, 6.07) is 7.03. The maximum Gasteiger partial charge on any atom is 0.246 e. The summed E-state index contributed by atoms with van der Waals surface area (Å²) < 4.78 is 5.11. The van der Waals surface area contributed by atoms with Gasteiger partial charge in [-0.3, -0.25) is 19.2 Å². The molecular weight excluding hydrogens is 488 g/mol. The van der Waals surface area contributed by atoms with Crippen molar-refractivity contribution in [3.63, 3.8) is 0 Å². The Kier molecular flexibility index (Phi) is 9.04. The lowest BCUT2D eigenvalue weighted by molar-refractivity contribution is -0.144. The minimum atomic E-state index is -1.30. The van der Waals surface area contributed by atoms with E-state index >= 15 is 0 Å². The number of ether oxygens (including phenoxy) is 1. The molecule has 4 N–H and O–H groups in total. The summed E-state index contributed by atoms with van der Waals surface area (Å²) in [4.78, 5) is 55.2. The predicted octanol–water partition coefficient (Wildman–Crippen LogP) is 0.808. The van der Waals surface area contributed by atoms with Gasteiger partial charge in [0.15, 0.2) is 0 Å². The van der Waals surface area contributed by atoms with Crippen molar-refractivity contribution in [1.29, 1.82) is 0 Å². The Morgan fingerprint density at radius 3 is 2.47 bits per heavy atom. The fourth-order valence-electron chi connectivity index (χ4n) is 5.22. The molecule has 0 radical (unpaired) electrons. The van der Waals surface area contributed by atoms with Gasteiger partial charge in [-0.2, -0.15) is 0 Å². The standard InChI is InChI=1S/C28H40N4O6/c1-28(2)27(37)30-20(16-18-10-5-3-6-11-18)26(36)32-15-9-13-21(32)25(35)29-19(24(34)31-28)12-7-4-8-14-22(33)23-17-38-23/h3,5-6,10-11,19-23,33H,4,7-9,12-17H2,1-2H3,(H,29,35)(H,30,37)(H,31,34)/t19-,20-,21+,22?,23?/m0/s1. The molecule has 10 heteroatoms. The average Bonchev–Trinajstić information content (AvgIpc) is 3.62. The van der Waals surface area contributed by atoms with E-state index in [4.69, 9.17) is 4.74 Å². The Morgan fingerprint density at radius 2 is 1.76 bits per heavy atom. The third kappa shape index (κ3) is 7.11. The number of epoxide rings is 1. The van der Waals surface area contributed by atoms with Crippen LogP contribution in [-0.2, 0) is 30.3 Å². The van der Waals surface area contributed by atoms with E-state index < -0.39 is 41.6 Å². The molecule has 0 aliphatic carbocycles. The summed E-state index contributed by atoms with van der Waals surface area (Å²) in [6.07, 6.45) is 4.19. The van der Waals surface area contributed by atoms with E-state index in [1.807, 2.05) is 30.3 Å². The first-order chi connectivity index (χ1) is 18.2. The molecule has 3 saturated heterocycles. The van der Waals surface area contributed by atoms with Crippen LogP contribution in [0.15, 0.2) is 30.3 Å². The molecule has 5 atom stereocenters. The number of nitrogens with zero attached hydrogens (tertiary/aromatic N) is 1. The van der Waals surface area contributed by atoms with Gasteiger partial charge in [0.05, 0.1) is 12.7 Å². The quantitative estimate of drug-likeness (QED) is 0.276. The van der Waals surface area contributed by atoms with E-state index in [-0.39, 0.29) is 24.3 Å². The Labute approximate surface area is 223 Å². The van der Waals surface area contributed by atoms with Gasteiger partial charge in [-0.1, -0.05) is 49.6 Å². The normalized spacial score (nSPS) is 28.3. The number of carbonyl (C=O) groups excluding carboxylic acids is 4. The fraction of sp³-hybridized carbons (Fsp3) is 0.643. The number of carbonyl (C=O) groups is 4. The Bertz CT molecular complexity index is 1010. The number of benzene rings is 1. The second-order valence-corrected chi connectivity index (χ2v) is 11.2. The number of unbranched alkanes of at least 4 members (excludes halogenated alkanes) is 2. The second-order valence-electron chi connectivity index (χ2n) is 11.2. The van der Waals surface area contributed by atoms with Gasteiger partial charge < -0.3 is 30.7 Å². The van der Waals surface area contributed by atoms with E-state index in [1.165, 1.54) is 0 Å². The molecule has 0 spiro atoms. The first kappa shape index (κ1) is 28.0. The molecule has 2 unspecified atom stereocenters. The van der Waals surface area contributed by atoms with E-state index in [1.54, 1.807) is 18.7 Å². The lowest BCUT2D eigenvalue weighted by Crippen LogP contribution is -2.64. The van der Waals surface area contributed by atoms with Gasteiger partial charge in [0, 0.05) is 13.0 Å². The molecule has 3 heterocycles. The minimum absolute atomic E-state index is 0.0517. The van der Waals surface area contributed by atoms with Crippen molar-refractivity contribution in [2.75, 3.05) is 13.2 Å². The van der Waals surface area contributed by atoms with Crippen LogP contribution in [0.4, 0.5) is 0 Å². The zero-order valence-electron chi connectivity index (χ0n) is 22.3. The molecule has 4 rings (SSSR count). The van der Waals surface area contributed by atoms with Crippen LogP contribution in [0.5, 0.6) is 0 Å². The van der Waals surface area contributed by atoms with Gasteiger partial charge in [0.25, 0.3) is 0 Å². The Hall–Kier alpha value is -2.98. The molecule has 1 aromatic rings. The molecule has 0 aromatic heterocycles. The van der Waals surface area contributed by atoms with Crippen LogP contribution in [0.25, 0.3) is 0 Å². The molecule has 4 amide bonds. The summed E-state index contributed by atoms with van der Waals surface area (Å²) in [7, 11) is 0. The highest BCUT2D eigenvalue weighted by atomic mass is 16.6. The molecule has 3 fully saturated rings. The first-order valence-electron chi connectivity index (χ1n) is 13.7. The van der Waals surface area contributed by atoms with Crippen molar-refractivity contribution in [1.82, 2.24) is 20.9 Å². The topological polar surface area (TPSA) is 140 Å². The van der Waals surface area contributed by atoms with E-state index in [2.05, 4.69) is 16.0 Å². The Balaban J connectivity index is 1.47. The van der Waals surface area contributed by atoms with Crippen molar-refractivity contribution < 1.29 is 29.0 Å². The number of fused-ring (bicyclic) bond motifs is 1. The number of rotatable bonds is 9. The monoisotopic (exact) mass is 528 g/mol. The van der Waals surface area contributed by atoms with Crippen molar-refractivity contribution in [2.24, 2.45) is 0 Å². The molecule has 0 saturated carbocycles. The third-order valence-electron chi connectivity index (χ3n) is 7.64. The highest BCUT2D eigenvalue weighted by Gasteiger charge is 2.42. The molecule has 38 heavy (non-hydrogen) atoms. The summed E-state index contributed by atoms with van der Waals surface area (Å²) in [5.41, 5.74) is -0.412. The van der Waals surface area contributed by atoms with Crippen molar-refractivity contribution in [3.8, 4) is 0 Å². The molecule has 208 valence electrons. The summed E-state index contributed by atoms with van der Waals surface area (Å²) >= 11 is 0. The van der Waals surface area contributed by atoms with Crippen LogP contribution < -0.4 is 16.0 Å². The van der Waals surface area contributed by atoms with Gasteiger partial charge in [-0.15, -0.1) is 0 Å². The largest absolute Gasteiger partial charge is 0.390 e. The maximum absolute atomic E-state index is 13.7. The lowest BCUT2D eigenvalue weighted by atomic mass is 9.98. The number of hydrogen-bond donors (Lipinski definition) is 4. The van der Waals surface area contributed by atoms with Crippen LogP contribution in [0.1, 0.15) is 64.4 Å². The third-order valence-corrected chi connectivity index (χ3v) is 7.64. The van der Waals surface area contributed by atoms with Gasteiger partial charge in [0.2, 0.25) is 23.6 Å². The number of nitrogens with one attached hydrogen (secondary N) is 3. The predicted molar refractivity (Wildman–Crippen MR) is 140 cm³/mol. The molecule has 3 aliphatic heterocycles. The zero-order valence-corrected chi connectivity index (χ0v) is 22.3. The summed E-state index contributed by atoms with van der Waals surface area (Å²) in [5, 5.41) is 18.5. The van der Waals surface area contributed by atoms with Gasteiger partial charge in [-0.25, -0.2) is 0 Å². The van der Waals surface area contributed by atoms with Crippen molar-refractivity contribution >= 4 is 23.6 Å². The van der Waals surface area contributed by atoms with Crippen LogP contribution >= 0.6 is 0 Å². The molecular formula is C28H40N4O6. The summed E-state index contributed by atoms with van der Waals surface area (Å²) in [6.45, 7) is 4.21. The Morgan fingerprint density at radius 1 is 1.03 bits per heavy atom. The zero-order chi connectivity index (χ0) is 27.3. The van der Waals surface area contributed by atoms with E-state index in [9.17, 15) is 24.3 Å². The van der Waals surface area contributed by atoms with Gasteiger partial charge >= 0.3 is 0 Å². The summed E-state index contributed by atoms with van der Waals surface area (Å²) in [5.74, 6) is -1.53. The van der Waals surface area contributed by atoms with Gasteiger partial charge in [-0.05, 0) is 45.1 Å². The van der Waals surface area contributed by atoms with Crippen LogP contribution in [0.3, 0.4) is 0 Å². The molecule has 3 aliphatic rings. The SMILES string of the molecule is CC1(C)NC(=O)[C@H](CCCCCC(O)C2CO2)NC(=O)[C@H]2CCCN2C(=O)[C@H](Cc2ccccc2)NC1=O. The van der Waals surface area contributed by atoms with Crippen LogP contribution in [0, 0.1) is 0 Å². The van der Waals surface area contributed by atoms with E-state index in [0.29, 0.717) is 45.3 Å². The molecule has 0 bridgehead atoms. The first-order valence-corrected chi connectivity index (χ1v) is 13.7. The number of aliphatic hydroxyl groups is 1. The molecule has 10 nitrogen and oxygen atoms in total. The minimum Gasteiger partial charge on any atom is -0.390 e. The van der Waals surface area contributed by atoms with E-state index in [0.717, 1.165) is 18.4 Å². The highest BCUT2D eigenvalue weighted by molar-refractivity contribution is 5.99. The number of amides is 4. The van der Waals surface area contributed by atoms with Crippen LogP contribution in [0.2, 0.25) is 0 Å². The number of hydrogen-bond acceptors (Lipinski definition) is 6. The van der Waals surface area contributed by atoms with Crippen molar-refractivity contribution in [3.05, 3.63) is 35.9 Å². The lowest BCUT2D eigenvalue weighted by Gasteiger charge is -2.34. The fourth-order valence-corrected chi connectivity index (χ4v) is 5.22. The second kappa shape index (κ2) is 12.3. The number of aliphatic hydroxyl groups excluding tert-OH is 1. The van der Waals surface area contributed by atoms with Gasteiger partial charge in [0.1, 0.15) is 29.8 Å². The van der Waals surface area contributed by atoms with Crippen molar-refractivity contribution in [2.45, 2.75) is 101 Å². The maximum atomic E-state index is 13.7.